The van der Waals surface area contributed by atoms with Crippen LogP contribution in [0.1, 0.15) is 30.4 Å². The zero-order chi connectivity index (χ0) is 16.1. The standard InChI is InChI=1S/C20H19BrN2/c21-19-6-4-5-17(14-19)18(15-22)13-16-7-9-20(10-8-16)23-11-2-1-3-12-23/h4-10,13-14H,1-3,11-12H2/b18-13+. The Balaban J connectivity index is 1.82. The lowest BCUT2D eigenvalue weighted by Crippen LogP contribution is -2.29. The zero-order valence-electron chi connectivity index (χ0n) is 13.0. The van der Waals surface area contributed by atoms with Crippen LogP contribution in [0.15, 0.2) is 53.0 Å². The van der Waals surface area contributed by atoms with E-state index in [0.29, 0.717) is 5.57 Å². The van der Waals surface area contributed by atoms with Crippen molar-refractivity contribution >= 4 is 33.3 Å². The van der Waals surface area contributed by atoms with Gasteiger partial charge in [-0.2, -0.15) is 5.26 Å². The Morgan fingerprint density at radius 2 is 1.78 bits per heavy atom. The van der Waals surface area contributed by atoms with Crippen molar-refractivity contribution in [2.24, 2.45) is 0 Å². The molecule has 2 aromatic rings. The third-order valence-corrected chi connectivity index (χ3v) is 4.67. The molecule has 2 nitrogen and oxygen atoms in total. The summed E-state index contributed by atoms with van der Waals surface area (Å²) in [6, 6.07) is 18.7. The second-order valence-corrected chi connectivity index (χ2v) is 6.74. The maximum absolute atomic E-state index is 9.45. The van der Waals surface area contributed by atoms with Gasteiger partial charge in [0, 0.05) is 23.2 Å². The number of benzene rings is 2. The topological polar surface area (TPSA) is 27.0 Å². The summed E-state index contributed by atoms with van der Waals surface area (Å²) in [4.78, 5) is 2.44. The highest BCUT2D eigenvalue weighted by Gasteiger charge is 2.10. The van der Waals surface area contributed by atoms with Crippen LogP contribution >= 0.6 is 15.9 Å². The third-order valence-electron chi connectivity index (χ3n) is 4.18. The molecule has 0 bridgehead atoms. The van der Waals surface area contributed by atoms with Crippen LogP contribution in [0.25, 0.3) is 11.6 Å². The first-order chi connectivity index (χ1) is 11.3. The Morgan fingerprint density at radius 3 is 2.43 bits per heavy atom. The van der Waals surface area contributed by atoms with Crippen molar-refractivity contribution in [3.8, 4) is 6.07 Å². The van der Waals surface area contributed by atoms with E-state index in [0.717, 1.165) is 28.7 Å². The van der Waals surface area contributed by atoms with Crippen LogP contribution in [0.5, 0.6) is 0 Å². The molecule has 23 heavy (non-hydrogen) atoms. The fourth-order valence-corrected chi connectivity index (χ4v) is 3.34. The van der Waals surface area contributed by atoms with Crippen molar-refractivity contribution in [3.05, 3.63) is 64.1 Å². The molecular formula is C20H19BrN2. The molecule has 1 saturated heterocycles. The van der Waals surface area contributed by atoms with Crippen molar-refractivity contribution in [1.82, 2.24) is 0 Å². The van der Waals surface area contributed by atoms with Gasteiger partial charge in [0.2, 0.25) is 0 Å². The summed E-state index contributed by atoms with van der Waals surface area (Å²) in [6.45, 7) is 2.30. The summed E-state index contributed by atoms with van der Waals surface area (Å²) in [5, 5.41) is 9.45. The largest absolute Gasteiger partial charge is 0.372 e. The summed E-state index contributed by atoms with van der Waals surface area (Å²) in [5.41, 5.74) is 3.95. The predicted molar refractivity (Wildman–Crippen MR) is 100 cm³/mol. The summed E-state index contributed by atoms with van der Waals surface area (Å²) in [6.07, 6.45) is 5.85. The van der Waals surface area contributed by atoms with E-state index in [9.17, 15) is 5.26 Å². The van der Waals surface area contributed by atoms with Gasteiger partial charge in [0.15, 0.2) is 0 Å². The van der Waals surface area contributed by atoms with Crippen molar-refractivity contribution in [3.63, 3.8) is 0 Å². The van der Waals surface area contributed by atoms with E-state index in [1.54, 1.807) is 0 Å². The number of nitriles is 1. The maximum Gasteiger partial charge on any atom is 0.0998 e. The van der Waals surface area contributed by atoms with E-state index in [4.69, 9.17) is 0 Å². The molecule has 0 aliphatic carbocycles. The minimum atomic E-state index is 0.678. The molecule has 3 heteroatoms. The average molecular weight is 367 g/mol. The number of piperidine rings is 1. The number of hydrogen-bond donors (Lipinski definition) is 0. The number of hydrogen-bond acceptors (Lipinski definition) is 2. The van der Waals surface area contributed by atoms with E-state index in [1.807, 2.05) is 30.3 Å². The molecule has 0 atom stereocenters. The molecule has 0 N–H and O–H groups in total. The van der Waals surface area contributed by atoms with Crippen molar-refractivity contribution in [2.75, 3.05) is 18.0 Å². The van der Waals surface area contributed by atoms with E-state index in [2.05, 4.69) is 51.2 Å². The van der Waals surface area contributed by atoms with Gasteiger partial charge < -0.3 is 4.90 Å². The average Bonchev–Trinajstić information content (AvgIpc) is 2.61. The summed E-state index contributed by atoms with van der Waals surface area (Å²) in [7, 11) is 0. The molecule has 1 aliphatic heterocycles. The minimum absolute atomic E-state index is 0.678. The van der Waals surface area contributed by atoms with Gasteiger partial charge in [-0.05, 0) is 60.7 Å². The number of anilines is 1. The molecule has 2 aromatic carbocycles. The zero-order valence-corrected chi connectivity index (χ0v) is 14.6. The lowest BCUT2D eigenvalue weighted by molar-refractivity contribution is 0.578. The highest BCUT2D eigenvalue weighted by Crippen LogP contribution is 2.24. The van der Waals surface area contributed by atoms with Crippen LogP contribution in [0.3, 0.4) is 0 Å². The van der Waals surface area contributed by atoms with Gasteiger partial charge >= 0.3 is 0 Å². The first-order valence-electron chi connectivity index (χ1n) is 7.99. The monoisotopic (exact) mass is 366 g/mol. The van der Waals surface area contributed by atoms with E-state index < -0.39 is 0 Å². The van der Waals surface area contributed by atoms with Crippen LogP contribution in [-0.4, -0.2) is 13.1 Å². The smallest absolute Gasteiger partial charge is 0.0998 e. The normalized spacial score (nSPS) is 15.3. The van der Waals surface area contributed by atoms with Gasteiger partial charge in [-0.25, -0.2) is 0 Å². The Bertz CT molecular complexity index is 735. The molecule has 0 amide bonds. The Labute approximate surface area is 146 Å². The molecule has 0 unspecified atom stereocenters. The van der Waals surface area contributed by atoms with Gasteiger partial charge in [-0.1, -0.05) is 40.2 Å². The van der Waals surface area contributed by atoms with Gasteiger partial charge in [0.05, 0.1) is 11.6 Å². The molecule has 0 aromatic heterocycles. The third kappa shape index (κ3) is 4.03. The Morgan fingerprint density at radius 1 is 1.04 bits per heavy atom. The Kier molecular flexibility index (Phi) is 5.15. The first kappa shape index (κ1) is 15.8. The Hall–Kier alpha value is -2.05. The highest BCUT2D eigenvalue weighted by molar-refractivity contribution is 9.10. The quantitative estimate of drug-likeness (QED) is 0.529. The van der Waals surface area contributed by atoms with Crippen LogP contribution in [0.4, 0.5) is 5.69 Å². The van der Waals surface area contributed by atoms with E-state index in [1.165, 1.54) is 24.9 Å². The molecule has 0 spiro atoms. The second kappa shape index (κ2) is 7.48. The van der Waals surface area contributed by atoms with Crippen LogP contribution in [0, 0.1) is 11.3 Å². The van der Waals surface area contributed by atoms with Crippen LogP contribution in [-0.2, 0) is 0 Å². The van der Waals surface area contributed by atoms with Gasteiger partial charge in [-0.3, -0.25) is 0 Å². The number of nitrogens with zero attached hydrogens (tertiary/aromatic N) is 2. The molecule has 116 valence electrons. The van der Waals surface area contributed by atoms with Crippen LogP contribution in [0.2, 0.25) is 0 Å². The van der Waals surface area contributed by atoms with Crippen LogP contribution < -0.4 is 4.90 Å². The first-order valence-corrected chi connectivity index (χ1v) is 8.78. The molecular weight excluding hydrogens is 348 g/mol. The number of halogens is 1. The summed E-state index contributed by atoms with van der Waals surface area (Å²) < 4.78 is 0.983. The SMILES string of the molecule is N#C/C(=C\c1ccc(N2CCCCC2)cc1)c1cccc(Br)c1. The van der Waals surface area contributed by atoms with Gasteiger partial charge in [-0.15, -0.1) is 0 Å². The number of allylic oxidation sites excluding steroid dienone is 1. The van der Waals surface area contributed by atoms with E-state index >= 15 is 0 Å². The minimum Gasteiger partial charge on any atom is -0.372 e. The summed E-state index contributed by atoms with van der Waals surface area (Å²) in [5.74, 6) is 0. The molecule has 0 saturated carbocycles. The van der Waals surface area contributed by atoms with Crippen molar-refractivity contribution < 1.29 is 0 Å². The van der Waals surface area contributed by atoms with E-state index in [-0.39, 0.29) is 0 Å². The van der Waals surface area contributed by atoms with Crippen molar-refractivity contribution in [1.29, 1.82) is 5.26 Å². The fourth-order valence-electron chi connectivity index (χ4n) is 2.94. The summed E-state index contributed by atoms with van der Waals surface area (Å²) >= 11 is 3.46. The van der Waals surface area contributed by atoms with Gasteiger partial charge in [0.25, 0.3) is 0 Å². The molecule has 1 fully saturated rings. The van der Waals surface area contributed by atoms with Gasteiger partial charge in [0.1, 0.15) is 0 Å². The van der Waals surface area contributed by atoms with Crippen molar-refractivity contribution in [2.45, 2.75) is 19.3 Å². The second-order valence-electron chi connectivity index (χ2n) is 5.82. The maximum atomic E-state index is 9.45. The lowest BCUT2D eigenvalue weighted by Gasteiger charge is -2.28. The lowest BCUT2D eigenvalue weighted by atomic mass is 10.0. The molecule has 0 radical (unpaired) electrons. The molecule has 3 rings (SSSR count). The molecule has 1 aliphatic rings. The molecule has 1 heterocycles. The predicted octanol–water partition coefficient (Wildman–Crippen LogP) is 5.50. The number of rotatable bonds is 3. The fraction of sp³-hybridized carbons (Fsp3) is 0.250. The highest BCUT2D eigenvalue weighted by atomic mass is 79.9.